The molecule has 7 nitrogen and oxygen atoms in total. The summed E-state index contributed by atoms with van der Waals surface area (Å²) in [5, 5.41) is 23.0. The van der Waals surface area contributed by atoms with Gasteiger partial charge in [-0.1, -0.05) is 6.07 Å². The minimum absolute atomic E-state index is 0.0776. The number of benzene rings is 1. The number of nitro groups is 1. The van der Waals surface area contributed by atoms with Crippen LogP contribution < -0.4 is 5.32 Å². The Morgan fingerprint density at radius 3 is 2.89 bits per heavy atom. The van der Waals surface area contributed by atoms with Crippen molar-refractivity contribution in [2.45, 2.75) is 18.9 Å². The van der Waals surface area contributed by atoms with E-state index in [9.17, 15) is 20.0 Å². The van der Waals surface area contributed by atoms with Gasteiger partial charge in [0, 0.05) is 24.4 Å². The number of β-amino-alcohol motifs (C(OH)–C–C–N with tert-alkyl or cyclic N) is 1. The predicted octanol–water partition coefficient (Wildman–Crippen LogP) is 1.58. The highest BCUT2D eigenvalue weighted by Gasteiger charge is 2.33. The summed E-state index contributed by atoms with van der Waals surface area (Å²) in [7, 11) is 0. The summed E-state index contributed by atoms with van der Waals surface area (Å²) < 4.78 is 0. The predicted molar refractivity (Wildman–Crippen MR) is 68.9 cm³/mol. The Labute approximate surface area is 110 Å². The number of anilines is 1. The van der Waals surface area contributed by atoms with E-state index in [0.29, 0.717) is 18.7 Å². The van der Waals surface area contributed by atoms with Crippen LogP contribution in [-0.4, -0.2) is 39.7 Å². The quantitative estimate of drug-likeness (QED) is 0.626. The number of nitrogens with one attached hydrogen (secondary N) is 1. The standard InChI is InChI=1S/C12H15N3O4/c1-12(17)5-6-14(8-12)11(16)13-9-3-2-4-10(7-9)15(18)19/h2-4,7,17H,5-6,8H2,1H3,(H,13,16). The van der Waals surface area contributed by atoms with Gasteiger partial charge in [0.05, 0.1) is 17.1 Å². The molecule has 1 fully saturated rings. The minimum Gasteiger partial charge on any atom is -0.388 e. The molecule has 7 heteroatoms. The molecule has 19 heavy (non-hydrogen) atoms. The number of urea groups is 1. The molecule has 1 aromatic carbocycles. The minimum atomic E-state index is -0.861. The molecule has 1 saturated heterocycles. The van der Waals surface area contributed by atoms with Crippen LogP contribution in [0.2, 0.25) is 0 Å². The van der Waals surface area contributed by atoms with E-state index in [-0.39, 0.29) is 18.3 Å². The number of amides is 2. The first-order valence-electron chi connectivity index (χ1n) is 5.90. The highest BCUT2D eigenvalue weighted by atomic mass is 16.6. The summed E-state index contributed by atoms with van der Waals surface area (Å²) in [6, 6.07) is 5.38. The van der Waals surface area contributed by atoms with Gasteiger partial charge in [0.1, 0.15) is 0 Å². The number of aliphatic hydroxyl groups is 1. The number of hydrogen-bond donors (Lipinski definition) is 2. The number of nitrogens with zero attached hydrogens (tertiary/aromatic N) is 2. The van der Waals surface area contributed by atoms with Crippen LogP contribution in [0.5, 0.6) is 0 Å². The maximum absolute atomic E-state index is 11.9. The summed E-state index contributed by atoms with van der Waals surface area (Å²) in [4.78, 5) is 23.5. The van der Waals surface area contributed by atoms with E-state index in [4.69, 9.17) is 0 Å². The van der Waals surface area contributed by atoms with Crippen molar-refractivity contribution in [3.63, 3.8) is 0 Å². The lowest BCUT2D eigenvalue weighted by Gasteiger charge is -2.19. The molecule has 1 aliphatic rings. The van der Waals surface area contributed by atoms with E-state index >= 15 is 0 Å². The number of nitro benzene ring substituents is 1. The average molecular weight is 265 g/mol. The van der Waals surface area contributed by atoms with Crippen molar-refractivity contribution in [2.24, 2.45) is 0 Å². The summed E-state index contributed by atoms with van der Waals surface area (Å²) >= 11 is 0. The lowest BCUT2D eigenvalue weighted by atomic mass is 10.1. The molecular formula is C12H15N3O4. The van der Waals surface area contributed by atoms with E-state index in [2.05, 4.69) is 5.32 Å². The van der Waals surface area contributed by atoms with Gasteiger partial charge < -0.3 is 15.3 Å². The van der Waals surface area contributed by atoms with E-state index in [1.54, 1.807) is 13.0 Å². The molecule has 1 aliphatic heterocycles. The monoisotopic (exact) mass is 265 g/mol. The van der Waals surface area contributed by atoms with Gasteiger partial charge in [-0.15, -0.1) is 0 Å². The first-order valence-corrected chi connectivity index (χ1v) is 5.90. The molecule has 2 rings (SSSR count). The number of carbonyl (C=O) groups excluding carboxylic acids is 1. The zero-order chi connectivity index (χ0) is 14.0. The van der Waals surface area contributed by atoms with Gasteiger partial charge in [0.15, 0.2) is 0 Å². The first-order chi connectivity index (χ1) is 8.87. The van der Waals surface area contributed by atoms with Crippen LogP contribution in [0.4, 0.5) is 16.2 Å². The van der Waals surface area contributed by atoms with Crippen LogP contribution >= 0.6 is 0 Å². The van der Waals surface area contributed by atoms with E-state index in [1.165, 1.54) is 23.1 Å². The molecule has 2 amide bonds. The molecule has 102 valence electrons. The van der Waals surface area contributed by atoms with Gasteiger partial charge in [-0.2, -0.15) is 0 Å². The fourth-order valence-corrected chi connectivity index (χ4v) is 2.02. The number of carbonyl (C=O) groups is 1. The van der Waals surface area contributed by atoms with Gasteiger partial charge in [0.25, 0.3) is 5.69 Å². The molecule has 2 N–H and O–H groups in total. The summed E-state index contributed by atoms with van der Waals surface area (Å²) in [6.07, 6.45) is 0.523. The molecule has 0 radical (unpaired) electrons. The Balaban J connectivity index is 2.03. The third kappa shape index (κ3) is 3.19. The zero-order valence-corrected chi connectivity index (χ0v) is 10.5. The van der Waals surface area contributed by atoms with Gasteiger partial charge in [-0.05, 0) is 19.4 Å². The molecule has 1 unspecified atom stereocenters. The van der Waals surface area contributed by atoms with Crippen LogP contribution in [0, 0.1) is 10.1 Å². The van der Waals surface area contributed by atoms with Crippen LogP contribution in [0.3, 0.4) is 0 Å². The Kier molecular flexibility index (Phi) is 3.39. The Morgan fingerprint density at radius 1 is 1.58 bits per heavy atom. The summed E-state index contributed by atoms with van der Waals surface area (Å²) in [5.41, 5.74) is -0.572. The molecule has 0 aromatic heterocycles. The van der Waals surface area contributed by atoms with Crippen molar-refractivity contribution in [3.8, 4) is 0 Å². The smallest absolute Gasteiger partial charge is 0.321 e. The number of rotatable bonds is 2. The lowest BCUT2D eigenvalue weighted by molar-refractivity contribution is -0.384. The summed E-state index contributed by atoms with van der Waals surface area (Å²) in [6.45, 7) is 2.40. The first kappa shape index (κ1) is 13.3. The third-order valence-electron chi connectivity index (χ3n) is 3.05. The van der Waals surface area contributed by atoms with E-state index in [0.717, 1.165) is 0 Å². The van der Waals surface area contributed by atoms with Crippen molar-refractivity contribution < 1.29 is 14.8 Å². The normalized spacial score (nSPS) is 22.3. The molecule has 1 aromatic rings. The molecule has 1 heterocycles. The van der Waals surface area contributed by atoms with Crippen molar-refractivity contribution in [1.29, 1.82) is 0 Å². The zero-order valence-electron chi connectivity index (χ0n) is 10.5. The molecule has 1 atom stereocenters. The maximum atomic E-state index is 11.9. The van der Waals surface area contributed by atoms with Gasteiger partial charge in [0.2, 0.25) is 0 Å². The Morgan fingerprint density at radius 2 is 2.32 bits per heavy atom. The topological polar surface area (TPSA) is 95.7 Å². The second-order valence-electron chi connectivity index (χ2n) is 4.91. The maximum Gasteiger partial charge on any atom is 0.321 e. The number of likely N-dealkylation sites (tertiary alicyclic amines) is 1. The average Bonchev–Trinajstić information content (AvgIpc) is 2.70. The lowest BCUT2D eigenvalue weighted by Crippen LogP contribution is -2.36. The van der Waals surface area contributed by atoms with E-state index in [1.807, 2.05) is 0 Å². The molecular weight excluding hydrogens is 250 g/mol. The molecule has 0 spiro atoms. The Bertz CT molecular complexity index is 515. The number of non-ortho nitro benzene ring substituents is 1. The second kappa shape index (κ2) is 4.85. The number of hydrogen-bond acceptors (Lipinski definition) is 4. The fraction of sp³-hybridized carbons (Fsp3) is 0.417. The molecule has 0 saturated carbocycles. The van der Waals surface area contributed by atoms with Crippen LogP contribution in [-0.2, 0) is 0 Å². The SMILES string of the molecule is CC1(O)CCN(C(=O)Nc2cccc([N+](=O)[O-])c2)C1. The summed E-state index contributed by atoms with van der Waals surface area (Å²) in [5.74, 6) is 0. The highest BCUT2D eigenvalue weighted by molar-refractivity contribution is 5.89. The van der Waals surface area contributed by atoms with Gasteiger partial charge >= 0.3 is 6.03 Å². The van der Waals surface area contributed by atoms with Crippen molar-refractivity contribution in [3.05, 3.63) is 34.4 Å². The molecule has 0 bridgehead atoms. The van der Waals surface area contributed by atoms with Gasteiger partial charge in [-0.3, -0.25) is 10.1 Å². The third-order valence-corrected chi connectivity index (χ3v) is 3.05. The fourth-order valence-electron chi connectivity index (χ4n) is 2.02. The van der Waals surface area contributed by atoms with E-state index < -0.39 is 10.5 Å². The molecule has 0 aliphatic carbocycles. The van der Waals surface area contributed by atoms with Crippen LogP contribution in [0.1, 0.15) is 13.3 Å². The second-order valence-corrected chi connectivity index (χ2v) is 4.91. The van der Waals surface area contributed by atoms with Crippen molar-refractivity contribution >= 4 is 17.4 Å². The van der Waals surface area contributed by atoms with Crippen molar-refractivity contribution in [2.75, 3.05) is 18.4 Å². The largest absolute Gasteiger partial charge is 0.388 e. The van der Waals surface area contributed by atoms with Crippen LogP contribution in [0.25, 0.3) is 0 Å². The van der Waals surface area contributed by atoms with Crippen LogP contribution in [0.15, 0.2) is 24.3 Å². The van der Waals surface area contributed by atoms with Crippen molar-refractivity contribution in [1.82, 2.24) is 4.90 Å². The Hall–Kier alpha value is -2.15. The van der Waals surface area contributed by atoms with Gasteiger partial charge in [-0.25, -0.2) is 4.79 Å². The highest BCUT2D eigenvalue weighted by Crippen LogP contribution is 2.22.